The molecule has 0 saturated carbocycles. The minimum Gasteiger partial charge on any atom is -0.360 e. The maximum absolute atomic E-state index is 12.1. The van der Waals surface area contributed by atoms with Gasteiger partial charge in [0.05, 0.1) is 5.56 Å². The minimum atomic E-state index is 0.0103. The van der Waals surface area contributed by atoms with Crippen LogP contribution in [-0.4, -0.2) is 30.0 Å². The van der Waals surface area contributed by atoms with E-state index in [2.05, 4.69) is 15.6 Å². The quantitative estimate of drug-likeness (QED) is 0.726. The SMILES string of the molecule is O=C(NC1CCNC1)c1c[nH]c2ccccc12. The van der Waals surface area contributed by atoms with Gasteiger partial charge >= 0.3 is 0 Å². The van der Waals surface area contributed by atoms with Crippen LogP contribution in [0.4, 0.5) is 0 Å². The van der Waals surface area contributed by atoms with Crippen LogP contribution in [0, 0.1) is 0 Å². The average Bonchev–Trinajstić information content (AvgIpc) is 2.96. The molecule has 1 aromatic carbocycles. The molecule has 3 N–H and O–H groups in total. The van der Waals surface area contributed by atoms with Crippen molar-refractivity contribution in [1.82, 2.24) is 15.6 Å². The monoisotopic (exact) mass is 229 g/mol. The van der Waals surface area contributed by atoms with Gasteiger partial charge in [-0.2, -0.15) is 0 Å². The molecule has 1 aromatic heterocycles. The van der Waals surface area contributed by atoms with E-state index >= 15 is 0 Å². The number of amides is 1. The molecule has 1 fully saturated rings. The van der Waals surface area contributed by atoms with Crippen molar-refractivity contribution in [1.29, 1.82) is 0 Å². The Hall–Kier alpha value is -1.81. The topological polar surface area (TPSA) is 56.9 Å². The van der Waals surface area contributed by atoms with Crippen molar-refractivity contribution in [2.75, 3.05) is 13.1 Å². The van der Waals surface area contributed by atoms with Gasteiger partial charge in [0.15, 0.2) is 0 Å². The van der Waals surface area contributed by atoms with Crippen LogP contribution in [-0.2, 0) is 0 Å². The highest BCUT2D eigenvalue weighted by Gasteiger charge is 2.19. The summed E-state index contributed by atoms with van der Waals surface area (Å²) in [6, 6.07) is 8.11. The van der Waals surface area contributed by atoms with E-state index in [0.29, 0.717) is 0 Å². The smallest absolute Gasteiger partial charge is 0.253 e. The number of carbonyl (C=O) groups excluding carboxylic acids is 1. The second-order valence-corrected chi connectivity index (χ2v) is 4.41. The van der Waals surface area contributed by atoms with Gasteiger partial charge in [-0.25, -0.2) is 0 Å². The van der Waals surface area contributed by atoms with Crippen molar-refractivity contribution in [3.8, 4) is 0 Å². The first-order chi connectivity index (χ1) is 8.34. The molecule has 3 rings (SSSR count). The van der Waals surface area contributed by atoms with Crippen LogP contribution in [0.1, 0.15) is 16.8 Å². The van der Waals surface area contributed by atoms with Crippen LogP contribution in [0.2, 0.25) is 0 Å². The Labute approximate surface area is 99.4 Å². The highest BCUT2D eigenvalue weighted by Crippen LogP contribution is 2.17. The number of aromatic amines is 1. The van der Waals surface area contributed by atoms with E-state index in [1.165, 1.54) is 0 Å². The third-order valence-corrected chi connectivity index (χ3v) is 3.23. The zero-order valence-electron chi connectivity index (χ0n) is 9.49. The van der Waals surface area contributed by atoms with Crippen LogP contribution in [0.25, 0.3) is 10.9 Å². The first-order valence-corrected chi connectivity index (χ1v) is 5.92. The van der Waals surface area contributed by atoms with E-state index < -0.39 is 0 Å². The lowest BCUT2D eigenvalue weighted by Crippen LogP contribution is -2.36. The zero-order chi connectivity index (χ0) is 11.7. The first-order valence-electron chi connectivity index (χ1n) is 5.92. The molecule has 0 spiro atoms. The maximum Gasteiger partial charge on any atom is 0.253 e. The minimum absolute atomic E-state index is 0.0103. The largest absolute Gasteiger partial charge is 0.360 e. The van der Waals surface area contributed by atoms with E-state index in [9.17, 15) is 4.79 Å². The number of aromatic nitrogens is 1. The summed E-state index contributed by atoms with van der Waals surface area (Å²) in [5.41, 5.74) is 1.73. The molecular formula is C13H15N3O. The molecule has 1 atom stereocenters. The summed E-state index contributed by atoms with van der Waals surface area (Å²) in [5, 5.41) is 7.27. The Kier molecular flexibility index (Phi) is 2.57. The van der Waals surface area contributed by atoms with Gasteiger partial charge in [-0.1, -0.05) is 18.2 Å². The van der Waals surface area contributed by atoms with Gasteiger partial charge in [-0.15, -0.1) is 0 Å². The third kappa shape index (κ3) is 1.91. The van der Waals surface area contributed by atoms with Crippen molar-refractivity contribution in [2.45, 2.75) is 12.5 Å². The summed E-state index contributed by atoms with van der Waals surface area (Å²) in [4.78, 5) is 15.2. The van der Waals surface area contributed by atoms with E-state index in [1.54, 1.807) is 6.20 Å². The van der Waals surface area contributed by atoms with Crippen LogP contribution in [0.15, 0.2) is 30.5 Å². The molecule has 1 unspecified atom stereocenters. The zero-order valence-corrected chi connectivity index (χ0v) is 9.49. The number of carbonyl (C=O) groups is 1. The molecule has 1 saturated heterocycles. The number of benzene rings is 1. The predicted octanol–water partition coefficient (Wildman–Crippen LogP) is 1.26. The molecule has 0 bridgehead atoms. The fourth-order valence-corrected chi connectivity index (χ4v) is 2.30. The fraction of sp³-hybridized carbons (Fsp3) is 0.308. The predicted molar refractivity (Wildman–Crippen MR) is 67.0 cm³/mol. The fourth-order valence-electron chi connectivity index (χ4n) is 2.30. The molecule has 2 aromatic rings. The Balaban J connectivity index is 1.85. The highest BCUT2D eigenvalue weighted by molar-refractivity contribution is 6.06. The van der Waals surface area contributed by atoms with E-state index in [-0.39, 0.29) is 11.9 Å². The molecule has 1 amide bonds. The summed E-state index contributed by atoms with van der Waals surface area (Å²) < 4.78 is 0. The van der Waals surface area contributed by atoms with Gasteiger partial charge in [0.25, 0.3) is 5.91 Å². The van der Waals surface area contributed by atoms with Crippen LogP contribution in [0.3, 0.4) is 0 Å². The standard InChI is InChI=1S/C13H15N3O/c17-13(16-9-5-6-14-7-9)11-8-15-12-4-2-1-3-10(11)12/h1-4,8-9,14-15H,5-7H2,(H,16,17). The lowest BCUT2D eigenvalue weighted by molar-refractivity contribution is 0.0942. The highest BCUT2D eigenvalue weighted by atomic mass is 16.1. The van der Waals surface area contributed by atoms with Crippen molar-refractivity contribution < 1.29 is 4.79 Å². The van der Waals surface area contributed by atoms with Gasteiger partial charge in [0, 0.05) is 29.7 Å². The van der Waals surface area contributed by atoms with Crippen molar-refractivity contribution in [3.63, 3.8) is 0 Å². The second-order valence-electron chi connectivity index (χ2n) is 4.41. The van der Waals surface area contributed by atoms with Crippen LogP contribution >= 0.6 is 0 Å². The van der Waals surface area contributed by atoms with Gasteiger partial charge in [-0.3, -0.25) is 4.79 Å². The molecule has 0 aliphatic carbocycles. The lowest BCUT2D eigenvalue weighted by atomic mass is 10.1. The van der Waals surface area contributed by atoms with Gasteiger partial charge in [-0.05, 0) is 19.0 Å². The normalized spacial score (nSPS) is 19.6. The van der Waals surface area contributed by atoms with Crippen molar-refractivity contribution in [3.05, 3.63) is 36.0 Å². The van der Waals surface area contributed by atoms with Gasteiger partial charge in [0.2, 0.25) is 0 Å². The number of hydrogen-bond donors (Lipinski definition) is 3. The number of H-pyrrole nitrogens is 1. The molecule has 17 heavy (non-hydrogen) atoms. The Morgan fingerprint density at radius 3 is 3.06 bits per heavy atom. The van der Waals surface area contributed by atoms with Gasteiger partial charge < -0.3 is 15.6 Å². The number of nitrogens with one attached hydrogen (secondary N) is 3. The number of hydrogen-bond acceptors (Lipinski definition) is 2. The van der Waals surface area contributed by atoms with Crippen LogP contribution < -0.4 is 10.6 Å². The average molecular weight is 229 g/mol. The second kappa shape index (κ2) is 4.22. The molecule has 1 aliphatic heterocycles. The molecule has 2 heterocycles. The van der Waals surface area contributed by atoms with Gasteiger partial charge in [0.1, 0.15) is 0 Å². The molecule has 0 radical (unpaired) electrons. The van der Waals surface area contributed by atoms with E-state index in [1.807, 2.05) is 24.3 Å². The third-order valence-electron chi connectivity index (χ3n) is 3.23. The summed E-state index contributed by atoms with van der Waals surface area (Å²) in [5.74, 6) is 0.0103. The molecule has 88 valence electrons. The first kappa shape index (κ1) is 10.4. The van der Waals surface area contributed by atoms with Crippen molar-refractivity contribution >= 4 is 16.8 Å². The Morgan fingerprint density at radius 2 is 2.24 bits per heavy atom. The molecular weight excluding hydrogens is 214 g/mol. The Bertz CT molecular complexity index is 540. The van der Waals surface area contributed by atoms with E-state index in [4.69, 9.17) is 0 Å². The summed E-state index contributed by atoms with van der Waals surface area (Å²) in [7, 11) is 0. The molecule has 4 nitrogen and oxygen atoms in total. The summed E-state index contributed by atoms with van der Waals surface area (Å²) in [6.45, 7) is 1.85. The number of para-hydroxylation sites is 1. The maximum atomic E-state index is 12.1. The van der Waals surface area contributed by atoms with Crippen molar-refractivity contribution in [2.24, 2.45) is 0 Å². The Morgan fingerprint density at radius 1 is 1.35 bits per heavy atom. The van der Waals surface area contributed by atoms with Crippen LogP contribution in [0.5, 0.6) is 0 Å². The molecule has 1 aliphatic rings. The molecule has 4 heteroatoms. The summed E-state index contributed by atoms with van der Waals surface area (Å²) in [6.07, 6.45) is 2.79. The summed E-state index contributed by atoms with van der Waals surface area (Å²) >= 11 is 0. The lowest BCUT2D eigenvalue weighted by Gasteiger charge is -2.10. The van der Waals surface area contributed by atoms with E-state index in [0.717, 1.165) is 36.0 Å². The number of fused-ring (bicyclic) bond motifs is 1. The number of rotatable bonds is 2.